The van der Waals surface area contributed by atoms with Gasteiger partial charge >= 0.3 is 0 Å². The first-order valence-electron chi connectivity index (χ1n) is 8.61. The molecule has 0 saturated carbocycles. The van der Waals surface area contributed by atoms with Gasteiger partial charge in [0.2, 0.25) is 0 Å². The van der Waals surface area contributed by atoms with E-state index in [0.717, 1.165) is 58.4 Å². The van der Waals surface area contributed by atoms with Gasteiger partial charge in [0.05, 0.1) is 19.8 Å². The molecule has 0 unspecified atom stereocenters. The molecule has 1 aromatic rings. The minimum absolute atomic E-state index is 0.229. The summed E-state index contributed by atoms with van der Waals surface area (Å²) in [5, 5.41) is 3.44. The smallest absolute Gasteiger partial charge is 0.194 e. The second-order valence-corrected chi connectivity index (χ2v) is 6.78. The van der Waals surface area contributed by atoms with Crippen LogP contribution in [0.1, 0.15) is 13.8 Å². The molecule has 2 saturated heterocycles. The van der Waals surface area contributed by atoms with Crippen LogP contribution in [0.2, 0.25) is 0 Å². The van der Waals surface area contributed by atoms with Crippen molar-refractivity contribution in [1.82, 2.24) is 10.2 Å². The highest BCUT2D eigenvalue weighted by atomic mass is 16.5. The molecule has 5 heteroatoms. The van der Waals surface area contributed by atoms with Gasteiger partial charge in [-0.1, -0.05) is 25.1 Å². The molecule has 0 atom stereocenters. The molecule has 1 N–H and O–H groups in total. The zero-order valence-electron chi connectivity index (χ0n) is 14.3. The number of anilines is 1. The molecule has 0 amide bonds. The molecule has 0 bridgehead atoms. The van der Waals surface area contributed by atoms with Crippen molar-refractivity contribution in [2.75, 3.05) is 57.4 Å². The average molecular weight is 316 g/mol. The Labute approximate surface area is 139 Å². The van der Waals surface area contributed by atoms with E-state index in [0.29, 0.717) is 0 Å². The van der Waals surface area contributed by atoms with Crippen LogP contribution in [0.4, 0.5) is 5.69 Å². The van der Waals surface area contributed by atoms with Gasteiger partial charge in [0, 0.05) is 43.8 Å². The fourth-order valence-corrected chi connectivity index (χ4v) is 3.05. The van der Waals surface area contributed by atoms with Crippen LogP contribution in [0.3, 0.4) is 0 Å². The molecule has 3 rings (SSSR count). The lowest BCUT2D eigenvalue weighted by Crippen LogP contribution is -2.53. The second kappa shape index (κ2) is 7.21. The summed E-state index contributed by atoms with van der Waals surface area (Å²) in [7, 11) is 0. The first-order chi connectivity index (χ1) is 11.2. The number of hydrogen-bond donors (Lipinski definition) is 1. The van der Waals surface area contributed by atoms with E-state index in [4.69, 9.17) is 9.73 Å². The van der Waals surface area contributed by atoms with Crippen LogP contribution in [0.15, 0.2) is 35.3 Å². The molecule has 126 valence electrons. The van der Waals surface area contributed by atoms with Gasteiger partial charge in [-0.05, 0) is 19.1 Å². The van der Waals surface area contributed by atoms with Crippen LogP contribution in [0.5, 0.6) is 0 Å². The number of ether oxygens (including phenoxy) is 1. The molecule has 23 heavy (non-hydrogen) atoms. The Kier molecular flexibility index (Phi) is 5.06. The lowest BCUT2D eigenvalue weighted by molar-refractivity contribution is -0.0946. The lowest BCUT2D eigenvalue weighted by Gasteiger charge is -2.39. The Hall–Kier alpha value is -1.75. The van der Waals surface area contributed by atoms with E-state index in [2.05, 4.69) is 59.3 Å². The minimum atomic E-state index is 0.229. The van der Waals surface area contributed by atoms with Crippen molar-refractivity contribution in [3.8, 4) is 0 Å². The molecule has 2 aliphatic heterocycles. The molecule has 2 heterocycles. The summed E-state index contributed by atoms with van der Waals surface area (Å²) in [5.74, 6) is 1.05. The first kappa shape index (κ1) is 16.1. The summed E-state index contributed by atoms with van der Waals surface area (Å²) >= 11 is 0. The van der Waals surface area contributed by atoms with Crippen LogP contribution in [0, 0.1) is 5.41 Å². The Bertz CT molecular complexity index is 519. The van der Waals surface area contributed by atoms with Crippen LogP contribution in [-0.2, 0) is 4.74 Å². The number of para-hydroxylation sites is 1. The Morgan fingerprint density at radius 2 is 1.87 bits per heavy atom. The van der Waals surface area contributed by atoms with Crippen molar-refractivity contribution in [1.29, 1.82) is 0 Å². The van der Waals surface area contributed by atoms with Crippen LogP contribution in [0.25, 0.3) is 0 Å². The summed E-state index contributed by atoms with van der Waals surface area (Å²) in [4.78, 5) is 9.69. The van der Waals surface area contributed by atoms with Gasteiger partial charge in [-0.15, -0.1) is 0 Å². The molecule has 5 nitrogen and oxygen atoms in total. The average Bonchev–Trinajstić information content (AvgIpc) is 2.58. The van der Waals surface area contributed by atoms with Gasteiger partial charge in [-0.2, -0.15) is 0 Å². The third-order valence-electron chi connectivity index (χ3n) is 4.55. The molecule has 0 spiro atoms. The van der Waals surface area contributed by atoms with Gasteiger partial charge in [-0.3, -0.25) is 4.99 Å². The molecule has 0 radical (unpaired) electrons. The van der Waals surface area contributed by atoms with Gasteiger partial charge < -0.3 is 19.9 Å². The zero-order valence-corrected chi connectivity index (χ0v) is 14.3. The second-order valence-electron chi connectivity index (χ2n) is 6.78. The maximum atomic E-state index is 5.33. The normalized spacial score (nSPS) is 21.0. The number of rotatable bonds is 4. The van der Waals surface area contributed by atoms with E-state index >= 15 is 0 Å². The predicted octanol–water partition coefficient (Wildman–Crippen LogP) is 1.81. The lowest BCUT2D eigenvalue weighted by atomic mass is 9.89. The maximum absolute atomic E-state index is 5.33. The van der Waals surface area contributed by atoms with E-state index in [1.807, 2.05) is 0 Å². The minimum Gasteiger partial charge on any atom is -0.380 e. The molecular formula is C18H28N4O. The van der Waals surface area contributed by atoms with Gasteiger partial charge in [0.15, 0.2) is 5.96 Å². The van der Waals surface area contributed by atoms with Crippen molar-refractivity contribution in [2.45, 2.75) is 13.8 Å². The van der Waals surface area contributed by atoms with E-state index < -0.39 is 0 Å². The number of aliphatic imine (C=N–C) groups is 1. The Morgan fingerprint density at radius 3 is 2.43 bits per heavy atom. The summed E-state index contributed by atoms with van der Waals surface area (Å²) in [5.41, 5.74) is 1.54. The third kappa shape index (κ3) is 3.96. The van der Waals surface area contributed by atoms with Crippen LogP contribution < -0.4 is 10.2 Å². The topological polar surface area (TPSA) is 40.1 Å². The van der Waals surface area contributed by atoms with E-state index in [1.54, 1.807) is 0 Å². The molecule has 0 aromatic heterocycles. The van der Waals surface area contributed by atoms with Gasteiger partial charge in [0.25, 0.3) is 0 Å². The van der Waals surface area contributed by atoms with Gasteiger partial charge in [-0.25, -0.2) is 0 Å². The van der Waals surface area contributed by atoms with E-state index in [-0.39, 0.29) is 5.41 Å². The number of hydrogen-bond acceptors (Lipinski definition) is 3. The van der Waals surface area contributed by atoms with Crippen molar-refractivity contribution in [3.05, 3.63) is 30.3 Å². The largest absolute Gasteiger partial charge is 0.380 e. The Morgan fingerprint density at radius 1 is 1.17 bits per heavy atom. The zero-order chi connectivity index (χ0) is 16.1. The first-order valence-corrected chi connectivity index (χ1v) is 8.61. The molecule has 1 aromatic carbocycles. The standard InChI is InChI=1S/C18H28N4O/c1-3-19-17(20-13-18(2)14-23-15-18)22-11-9-21(10-12-22)16-7-5-4-6-8-16/h4-8H,3,9-15H2,1-2H3,(H,19,20). The SMILES string of the molecule is CCNC(=NCC1(C)COC1)N1CCN(c2ccccc2)CC1. The van der Waals surface area contributed by atoms with Crippen LogP contribution >= 0.6 is 0 Å². The van der Waals surface area contributed by atoms with Crippen LogP contribution in [-0.4, -0.2) is 63.3 Å². The number of nitrogens with zero attached hydrogens (tertiary/aromatic N) is 3. The van der Waals surface area contributed by atoms with Gasteiger partial charge in [0.1, 0.15) is 0 Å². The highest BCUT2D eigenvalue weighted by Crippen LogP contribution is 2.26. The molecular weight excluding hydrogens is 288 g/mol. The van der Waals surface area contributed by atoms with Crippen molar-refractivity contribution < 1.29 is 4.74 Å². The number of guanidine groups is 1. The summed E-state index contributed by atoms with van der Waals surface area (Å²) in [6, 6.07) is 10.7. The third-order valence-corrected chi connectivity index (χ3v) is 4.55. The molecule has 0 aliphatic carbocycles. The van der Waals surface area contributed by atoms with E-state index in [9.17, 15) is 0 Å². The monoisotopic (exact) mass is 316 g/mol. The molecule has 2 fully saturated rings. The van der Waals surface area contributed by atoms with Crippen molar-refractivity contribution in [2.24, 2.45) is 10.4 Å². The predicted molar refractivity (Wildman–Crippen MR) is 95.1 cm³/mol. The highest BCUT2D eigenvalue weighted by molar-refractivity contribution is 5.80. The molecule has 2 aliphatic rings. The van der Waals surface area contributed by atoms with Crippen molar-refractivity contribution in [3.63, 3.8) is 0 Å². The Balaban J connectivity index is 1.58. The summed E-state index contributed by atoms with van der Waals surface area (Å²) in [6.07, 6.45) is 0. The fraction of sp³-hybridized carbons (Fsp3) is 0.611. The maximum Gasteiger partial charge on any atom is 0.194 e. The quantitative estimate of drug-likeness (QED) is 0.679. The summed E-state index contributed by atoms with van der Waals surface area (Å²) < 4.78 is 5.33. The summed E-state index contributed by atoms with van der Waals surface area (Å²) in [6.45, 7) is 11.9. The highest BCUT2D eigenvalue weighted by Gasteiger charge is 2.33. The van der Waals surface area contributed by atoms with Crippen molar-refractivity contribution >= 4 is 11.6 Å². The number of piperazine rings is 1. The van der Waals surface area contributed by atoms with E-state index in [1.165, 1.54) is 5.69 Å². The fourth-order valence-electron chi connectivity index (χ4n) is 3.05. The number of benzene rings is 1. The number of nitrogens with one attached hydrogen (secondary N) is 1.